The fourth-order valence-electron chi connectivity index (χ4n) is 3.49. The Hall–Kier alpha value is -1.53. The first-order chi connectivity index (χ1) is 13.6. The molecule has 0 atom stereocenters. The Morgan fingerprint density at radius 2 is 1.45 bits per heavy atom. The van der Waals surface area contributed by atoms with E-state index in [1.54, 1.807) is 0 Å². The number of unbranched alkanes of at least 4 members (excludes halogenated alkanes) is 4. The van der Waals surface area contributed by atoms with Gasteiger partial charge in [-0.2, -0.15) is 0 Å². The summed E-state index contributed by atoms with van der Waals surface area (Å²) in [5.41, 5.74) is 2.92. The molecule has 0 spiro atoms. The van der Waals surface area contributed by atoms with Gasteiger partial charge in [-0.3, -0.25) is 13.9 Å². The summed E-state index contributed by atoms with van der Waals surface area (Å²) in [6, 6.07) is 15.4. The maximum atomic E-state index is 13.0. The quantitative estimate of drug-likeness (QED) is 0.384. The van der Waals surface area contributed by atoms with Crippen molar-refractivity contribution in [3.63, 3.8) is 0 Å². The molecule has 1 heterocycles. The third-order valence-electron chi connectivity index (χ3n) is 4.95. The molecule has 1 radical (unpaired) electrons. The Bertz CT molecular complexity index is 995. The van der Waals surface area contributed by atoms with Crippen molar-refractivity contribution in [2.24, 2.45) is 0 Å². The number of hydrogen-bond acceptors (Lipinski definition) is 2. The number of para-hydroxylation sites is 2. The van der Waals surface area contributed by atoms with Crippen LogP contribution in [-0.2, 0) is 17.9 Å². The second kappa shape index (κ2) is 11.6. The molecule has 1 N–H and O–H groups in total. The minimum atomic E-state index is -0.736. The van der Waals surface area contributed by atoms with Gasteiger partial charge in [0.1, 0.15) is 0 Å². The molecule has 0 amide bonds. The normalized spacial score (nSPS) is 10.8. The number of hydrogen-bond donors (Lipinski definition) is 1. The third-order valence-corrected chi connectivity index (χ3v) is 5.20. The van der Waals surface area contributed by atoms with Crippen LogP contribution in [0.4, 0.5) is 0 Å². The smallest absolute Gasteiger partial charge is 0.329 e. The van der Waals surface area contributed by atoms with Crippen molar-refractivity contribution in [1.82, 2.24) is 9.13 Å². The van der Waals surface area contributed by atoms with Crippen molar-refractivity contribution >= 4 is 58.2 Å². The van der Waals surface area contributed by atoms with E-state index in [1.165, 1.54) is 0 Å². The molecule has 0 aliphatic rings. The Morgan fingerprint density at radius 1 is 0.862 bits per heavy atom. The zero-order valence-corrected chi connectivity index (χ0v) is 19.6. The van der Waals surface area contributed by atoms with Gasteiger partial charge < -0.3 is 5.11 Å². The van der Waals surface area contributed by atoms with Crippen LogP contribution in [0.1, 0.15) is 44.1 Å². The van der Waals surface area contributed by atoms with Crippen molar-refractivity contribution < 1.29 is 9.90 Å². The van der Waals surface area contributed by atoms with Crippen LogP contribution in [0.5, 0.6) is 0 Å². The first-order valence-corrected chi connectivity index (χ1v) is 10.1. The molecule has 0 saturated carbocycles. The summed E-state index contributed by atoms with van der Waals surface area (Å²) in [5, 5.41) is 9.35. The molecule has 1 aromatic heterocycles. The van der Waals surface area contributed by atoms with E-state index in [-0.39, 0.29) is 41.7 Å². The van der Waals surface area contributed by atoms with E-state index < -0.39 is 5.97 Å². The van der Waals surface area contributed by atoms with Crippen LogP contribution in [-0.4, -0.2) is 49.8 Å². The van der Waals surface area contributed by atoms with E-state index in [0.29, 0.717) is 18.1 Å². The molecule has 0 saturated heterocycles. The summed E-state index contributed by atoms with van der Waals surface area (Å²) in [6.45, 7) is 1.19. The van der Waals surface area contributed by atoms with E-state index in [0.717, 1.165) is 48.7 Å². The summed E-state index contributed by atoms with van der Waals surface area (Å²) < 4.78 is 3.66. The van der Waals surface area contributed by atoms with Gasteiger partial charge in [0.15, 0.2) is 0 Å². The molecule has 0 unspecified atom stereocenters. The number of halogens is 1. The zero-order chi connectivity index (χ0) is 19.9. The van der Waals surface area contributed by atoms with Gasteiger partial charge in [-0.15, -0.1) is 0 Å². The molecule has 149 valence electrons. The van der Waals surface area contributed by atoms with E-state index in [9.17, 15) is 9.59 Å². The van der Waals surface area contributed by atoms with Crippen LogP contribution >= 0.6 is 11.6 Å². The van der Waals surface area contributed by atoms with Crippen LogP contribution in [0.2, 0.25) is 5.02 Å². The van der Waals surface area contributed by atoms with Gasteiger partial charge in [0, 0.05) is 47.5 Å². The minimum absolute atomic E-state index is 0. The Labute approximate surface area is 197 Å². The Morgan fingerprint density at radius 3 is 2.10 bits per heavy atom. The Balaban J connectivity index is 0.00000300. The summed E-state index contributed by atoms with van der Waals surface area (Å²) >= 11 is 5.96. The number of benzene rings is 2. The first kappa shape index (κ1) is 23.7. The third kappa shape index (κ3) is 6.48. The molecule has 7 heteroatoms. The fraction of sp³-hybridized carbons (Fsp3) is 0.364. The molecular formula is C22H25ClN2NaO3. The van der Waals surface area contributed by atoms with E-state index in [2.05, 4.69) is 0 Å². The van der Waals surface area contributed by atoms with Crippen LogP contribution in [0.25, 0.3) is 11.0 Å². The van der Waals surface area contributed by atoms with Gasteiger partial charge in [0.25, 0.3) is 0 Å². The largest absolute Gasteiger partial charge is 0.481 e. The van der Waals surface area contributed by atoms with Gasteiger partial charge >= 0.3 is 11.7 Å². The number of rotatable bonds is 10. The maximum Gasteiger partial charge on any atom is 0.329 e. The number of nitrogens with zero attached hydrogens (tertiary/aromatic N) is 2. The fourth-order valence-corrected chi connectivity index (χ4v) is 3.62. The molecule has 2 aromatic carbocycles. The van der Waals surface area contributed by atoms with E-state index in [4.69, 9.17) is 16.7 Å². The van der Waals surface area contributed by atoms with Crippen LogP contribution in [0.3, 0.4) is 0 Å². The van der Waals surface area contributed by atoms with Crippen LogP contribution < -0.4 is 5.69 Å². The zero-order valence-electron chi connectivity index (χ0n) is 16.8. The van der Waals surface area contributed by atoms with E-state index in [1.807, 2.05) is 57.7 Å². The topological polar surface area (TPSA) is 64.2 Å². The molecule has 0 aliphatic carbocycles. The number of carbonyl (C=O) groups is 1. The van der Waals surface area contributed by atoms with Crippen molar-refractivity contribution in [2.75, 3.05) is 0 Å². The van der Waals surface area contributed by atoms with E-state index >= 15 is 0 Å². The van der Waals surface area contributed by atoms with Gasteiger partial charge in [0.2, 0.25) is 0 Å². The standard InChI is InChI=1S/C22H25ClN2O3.Na/c23-18-13-11-17(12-14-18)16-25-20-9-6-5-8-19(20)24(22(25)28)15-7-3-1-2-4-10-21(26)27;/h5-6,8-9,11-14H,1-4,7,10,15-16H2,(H,26,27);. The van der Waals surface area contributed by atoms with Gasteiger partial charge in [-0.25, -0.2) is 4.79 Å². The van der Waals surface area contributed by atoms with Gasteiger partial charge in [0.05, 0.1) is 17.6 Å². The number of aliphatic carboxylic acids is 1. The second-order valence-electron chi connectivity index (χ2n) is 7.05. The maximum absolute atomic E-state index is 13.0. The monoisotopic (exact) mass is 423 g/mol. The molecule has 3 rings (SSSR count). The number of carboxylic acid groups (broad SMARTS) is 1. The minimum Gasteiger partial charge on any atom is -0.481 e. The predicted octanol–water partition coefficient (Wildman–Crippen LogP) is 4.55. The number of imidazole rings is 1. The number of fused-ring (bicyclic) bond motifs is 1. The number of aryl methyl sites for hydroxylation is 1. The molecule has 29 heavy (non-hydrogen) atoms. The molecule has 0 fully saturated rings. The summed E-state index contributed by atoms with van der Waals surface area (Å²) in [7, 11) is 0. The molecule has 3 aromatic rings. The average Bonchev–Trinajstić information content (AvgIpc) is 2.94. The molecule has 5 nitrogen and oxygen atoms in total. The number of carboxylic acids is 1. The number of aromatic nitrogens is 2. The van der Waals surface area contributed by atoms with Gasteiger partial charge in [-0.1, -0.05) is 55.1 Å². The SMILES string of the molecule is O=C(O)CCCCCCCn1c(=O)n(Cc2ccc(Cl)cc2)c2ccccc21.[Na]. The molecule has 0 bridgehead atoms. The summed E-state index contributed by atoms with van der Waals surface area (Å²) in [4.78, 5) is 23.6. The average molecular weight is 424 g/mol. The second-order valence-corrected chi connectivity index (χ2v) is 7.48. The van der Waals surface area contributed by atoms with Crippen molar-refractivity contribution in [2.45, 2.75) is 51.6 Å². The van der Waals surface area contributed by atoms with Crippen molar-refractivity contribution in [1.29, 1.82) is 0 Å². The molecular weight excluding hydrogens is 399 g/mol. The summed E-state index contributed by atoms with van der Waals surface area (Å²) in [6.07, 6.45) is 4.75. The predicted molar refractivity (Wildman–Crippen MR) is 118 cm³/mol. The Kier molecular flexibility index (Phi) is 9.50. The van der Waals surface area contributed by atoms with Crippen molar-refractivity contribution in [3.8, 4) is 0 Å². The van der Waals surface area contributed by atoms with Crippen LogP contribution in [0.15, 0.2) is 53.3 Å². The first-order valence-electron chi connectivity index (χ1n) is 9.70. The van der Waals surface area contributed by atoms with Crippen molar-refractivity contribution in [3.05, 3.63) is 69.6 Å². The summed E-state index contributed by atoms with van der Waals surface area (Å²) in [5.74, 6) is -0.736. The van der Waals surface area contributed by atoms with Gasteiger partial charge in [-0.05, 0) is 42.7 Å². The van der Waals surface area contributed by atoms with Crippen LogP contribution in [0, 0.1) is 0 Å². The molecule has 0 aliphatic heterocycles.